The summed E-state index contributed by atoms with van der Waals surface area (Å²) in [6.07, 6.45) is 7.27. The Hall–Kier alpha value is -3.73. The van der Waals surface area contributed by atoms with Crippen molar-refractivity contribution in [3.05, 3.63) is 59.2 Å². The van der Waals surface area contributed by atoms with Crippen LogP contribution in [-0.2, 0) is 11.2 Å². The zero-order valence-corrected chi connectivity index (χ0v) is 16.6. The smallest absolute Gasteiger partial charge is 0.290 e. The van der Waals surface area contributed by atoms with Gasteiger partial charge in [0.05, 0.1) is 35.9 Å². The second-order valence-electron chi connectivity index (χ2n) is 7.35. The Bertz CT molecular complexity index is 1250. The number of rotatable bonds is 3. The van der Waals surface area contributed by atoms with E-state index in [4.69, 9.17) is 26.0 Å². The summed E-state index contributed by atoms with van der Waals surface area (Å²) in [5, 5.41) is 12.0. The molecule has 1 fully saturated rings. The number of imidazole rings is 1. The number of carboxylic acid groups (broad SMARTS) is 1. The van der Waals surface area contributed by atoms with Gasteiger partial charge in [0.15, 0.2) is 5.69 Å². The van der Waals surface area contributed by atoms with Gasteiger partial charge in [-0.05, 0) is 31.9 Å². The predicted octanol–water partition coefficient (Wildman–Crippen LogP) is 4.84. The third-order valence-electron chi connectivity index (χ3n) is 5.41. The van der Waals surface area contributed by atoms with Crippen molar-refractivity contribution in [1.29, 1.82) is 0 Å². The minimum Gasteiger partial charge on any atom is -0.483 e. The molecular weight excluding hydrogens is 382 g/mol. The Morgan fingerprint density at radius 3 is 2.73 bits per heavy atom. The van der Waals surface area contributed by atoms with Gasteiger partial charge in [-0.15, -0.1) is 0 Å². The SMILES string of the molecule is O=CO.[C-]#[N+]c1ccc2ncc3nc(Cc4cc(C)on4)n(C4CCCC4)c3c2c1. The van der Waals surface area contributed by atoms with Gasteiger partial charge in [-0.2, -0.15) is 0 Å². The van der Waals surface area contributed by atoms with Crippen LogP contribution in [0.3, 0.4) is 0 Å². The average molecular weight is 403 g/mol. The van der Waals surface area contributed by atoms with Crippen LogP contribution in [0.25, 0.3) is 26.8 Å². The molecular formula is C22H21N5O3. The maximum Gasteiger partial charge on any atom is 0.290 e. The van der Waals surface area contributed by atoms with Crippen LogP contribution in [0.1, 0.15) is 49.0 Å². The summed E-state index contributed by atoms with van der Waals surface area (Å²) in [4.78, 5) is 21.4. The Kier molecular flexibility index (Phi) is 5.44. The Labute approximate surface area is 173 Å². The first-order chi connectivity index (χ1) is 14.6. The third kappa shape index (κ3) is 3.62. The zero-order chi connectivity index (χ0) is 21.1. The molecule has 1 aromatic carbocycles. The largest absolute Gasteiger partial charge is 0.483 e. The lowest BCUT2D eigenvalue weighted by Gasteiger charge is -2.17. The van der Waals surface area contributed by atoms with E-state index >= 15 is 0 Å². The Balaban J connectivity index is 0.000000687. The van der Waals surface area contributed by atoms with Gasteiger partial charge in [0.1, 0.15) is 17.1 Å². The summed E-state index contributed by atoms with van der Waals surface area (Å²) in [5.41, 5.74) is 4.39. The number of benzene rings is 1. The van der Waals surface area contributed by atoms with Crippen molar-refractivity contribution in [3.63, 3.8) is 0 Å². The van der Waals surface area contributed by atoms with Gasteiger partial charge in [0.2, 0.25) is 0 Å². The van der Waals surface area contributed by atoms with Gasteiger partial charge < -0.3 is 14.2 Å². The van der Waals surface area contributed by atoms with Gasteiger partial charge in [-0.25, -0.2) is 9.83 Å². The van der Waals surface area contributed by atoms with E-state index in [1.165, 1.54) is 12.8 Å². The van der Waals surface area contributed by atoms with Crippen molar-refractivity contribution in [1.82, 2.24) is 19.7 Å². The molecule has 8 heteroatoms. The summed E-state index contributed by atoms with van der Waals surface area (Å²) >= 11 is 0. The fourth-order valence-electron chi connectivity index (χ4n) is 4.23. The topological polar surface area (TPSA) is 98.4 Å². The number of fused-ring (bicyclic) bond motifs is 3. The normalized spacial score (nSPS) is 13.9. The predicted molar refractivity (Wildman–Crippen MR) is 112 cm³/mol. The molecule has 0 amide bonds. The van der Waals surface area contributed by atoms with Crippen LogP contribution in [0.4, 0.5) is 5.69 Å². The Morgan fingerprint density at radius 1 is 1.30 bits per heavy atom. The second-order valence-corrected chi connectivity index (χ2v) is 7.35. The van der Waals surface area contributed by atoms with Gasteiger partial charge in [0.25, 0.3) is 6.47 Å². The first kappa shape index (κ1) is 19.6. The van der Waals surface area contributed by atoms with Crippen molar-refractivity contribution >= 4 is 34.1 Å². The third-order valence-corrected chi connectivity index (χ3v) is 5.41. The van der Waals surface area contributed by atoms with E-state index in [1.807, 2.05) is 37.4 Å². The van der Waals surface area contributed by atoms with Crippen molar-refractivity contribution in [2.45, 2.75) is 45.1 Å². The number of aromatic nitrogens is 4. The number of nitrogens with zero attached hydrogens (tertiary/aromatic N) is 5. The van der Waals surface area contributed by atoms with Crippen molar-refractivity contribution < 1.29 is 14.4 Å². The number of aryl methyl sites for hydroxylation is 1. The molecule has 1 saturated carbocycles. The molecule has 1 N–H and O–H groups in total. The fourth-order valence-corrected chi connectivity index (χ4v) is 4.23. The van der Waals surface area contributed by atoms with Crippen molar-refractivity contribution in [2.24, 2.45) is 0 Å². The molecule has 0 aliphatic heterocycles. The standard InChI is InChI=1S/C21H19N5O.CH2O2/c1-13-9-15(25-27-13)11-20-24-19-12-23-18-8-7-14(22-2)10-17(18)21(19)26(20)16-5-3-4-6-16;2-1-3/h7-10,12,16H,3-6,11H2,1H3;1H,(H,2,3). The number of hydrogen-bond acceptors (Lipinski definition) is 5. The first-order valence-electron chi connectivity index (χ1n) is 9.81. The van der Waals surface area contributed by atoms with Gasteiger partial charge >= 0.3 is 0 Å². The van der Waals surface area contributed by atoms with Gasteiger partial charge in [-0.3, -0.25) is 9.78 Å². The molecule has 3 aromatic heterocycles. The van der Waals surface area contributed by atoms with Crippen LogP contribution < -0.4 is 0 Å². The Morgan fingerprint density at radius 2 is 2.07 bits per heavy atom. The van der Waals surface area contributed by atoms with Gasteiger partial charge in [-0.1, -0.05) is 24.1 Å². The van der Waals surface area contributed by atoms with Crippen molar-refractivity contribution in [2.75, 3.05) is 0 Å². The lowest BCUT2D eigenvalue weighted by Crippen LogP contribution is -2.10. The van der Waals surface area contributed by atoms with Crippen LogP contribution in [0, 0.1) is 13.5 Å². The monoisotopic (exact) mass is 403 g/mol. The summed E-state index contributed by atoms with van der Waals surface area (Å²) in [7, 11) is 0. The van der Waals surface area contributed by atoms with E-state index in [0.29, 0.717) is 18.2 Å². The second kappa shape index (κ2) is 8.33. The summed E-state index contributed by atoms with van der Waals surface area (Å²) in [6.45, 7) is 9.02. The molecule has 0 saturated heterocycles. The van der Waals surface area contributed by atoms with E-state index in [1.54, 1.807) is 0 Å². The highest BCUT2D eigenvalue weighted by atomic mass is 16.5. The van der Waals surface area contributed by atoms with E-state index < -0.39 is 0 Å². The maximum absolute atomic E-state index is 8.36. The molecule has 0 radical (unpaired) electrons. The van der Waals surface area contributed by atoms with E-state index in [9.17, 15) is 0 Å². The highest BCUT2D eigenvalue weighted by Gasteiger charge is 2.24. The highest BCUT2D eigenvalue weighted by molar-refractivity contribution is 6.03. The molecule has 0 unspecified atom stereocenters. The lowest BCUT2D eigenvalue weighted by molar-refractivity contribution is -0.122. The molecule has 4 aromatic rings. The summed E-state index contributed by atoms with van der Waals surface area (Å²) in [5.74, 6) is 1.80. The van der Waals surface area contributed by atoms with Crippen LogP contribution in [0.5, 0.6) is 0 Å². The van der Waals surface area contributed by atoms with E-state index in [2.05, 4.69) is 19.6 Å². The molecule has 3 heterocycles. The van der Waals surface area contributed by atoms with Crippen LogP contribution in [0.2, 0.25) is 0 Å². The summed E-state index contributed by atoms with van der Waals surface area (Å²) < 4.78 is 7.62. The lowest BCUT2D eigenvalue weighted by atomic mass is 10.1. The minimum absolute atomic E-state index is 0.250. The van der Waals surface area contributed by atoms with E-state index in [-0.39, 0.29) is 6.47 Å². The molecule has 0 bridgehead atoms. The minimum atomic E-state index is -0.250. The molecule has 30 heavy (non-hydrogen) atoms. The van der Waals surface area contributed by atoms with Crippen LogP contribution >= 0.6 is 0 Å². The molecule has 0 spiro atoms. The molecule has 8 nitrogen and oxygen atoms in total. The molecule has 0 atom stereocenters. The zero-order valence-electron chi connectivity index (χ0n) is 16.6. The maximum atomic E-state index is 8.36. The van der Waals surface area contributed by atoms with Gasteiger partial charge in [0, 0.05) is 17.5 Å². The molecule has 1 aliphatic rings. The first-order valence-corrected chi connectivity index (χ1v) is 9.81. The number of hydrogen-bond donors (Lipinski definition) is 1. The fraction of sp³-hybridized carbons (Fsp3) is 0.318. The summed E-state index contributed by atoms with van der Waals surface area (Å²) in [6, 6.07) is 8.08. The average Bonchev–Trinajstić information content (AvgIpc) is 3.48. The number of pyridine rings is 1. The molecule has 5 rings (SSSR count). The van der Waals surface area contributed by atoms with Crippen LogP contribution in [-0.4, -0.2) is 31.3 Å². The van der Waals surface area contributed by atoms with Crippen molar-refractivity contribution in [3.8, 4) is 0 Å². The highest BCUT2D eigenvalue weighted by Crippen LogP contribution is 2.37. The molecule has 1 aliphatic carbocycles. The van der Waals surface area contributed by atoms with E-state index in [0.717, 1.165) is 52.1 Å². The van der Waals surface area contributed by atoms with Crippen LogP contribution in [0.15, 0.2) is 35.0 Å². The number of carbonyl (C=O) groups is 1. The quantitative estimate of drug-likeness (QED) is 0.388. The molecule has 152 valence electrons.